The number of hydrogen-bond acceptors (Lipinski definition) is 4. The van der Waals surface area contributed by atoms with Crippen LogP contribution in [0.1, 0.15) is 43.1 Å². The molecule has 4 aromatic rings. The van der Waals surface area contributed by atoms with Gasteiger partial charge in [-0.25, -0.2) is 9.97 Å². The SMILES string of the molecule is CCc1ccc(-n2c(N)c(C(=O)NC(C)CC)c3nc4ccccc4nc32)cc1. The van der Waals surface area contributed by atoms with Gasteiger partial charge in [0.25, 0.3) is 5.91 Å². The molecule has 29 heavy (non-hydrogen) atoms. The quantitative estimate of drug-likeness (QED) is 0.536. The summed E-state index contributed by atoms with van der Waals surface area (Å²) in [7, 11) is 0. The molecule has 1 unspecified atom stereocenters. The van der Waals surface area contributed by atoms with E-state index >= 15 is 0 Å². The van der Waals surface area contributed by atoms with Gasteiger partial charge in [-0.2, -0.15) is 0 Å². The van der Waals surface area contributed by atoms with Gasteiger partial charge < -0.3 is 11.1 Å². The standard InChI is InChI=1S/C23H25N5O/c1-4-14(3)25-23(29)19-20-22(27-18-9-7-6-8-17(18)26-20)28(21(19)24)16-12-10-15(5-2)11-13-16/h6-14H,4-5,24H2,1-3H3,(H,25,29). The number of aryl methyl sites for hydroxylation is 1. The number of fused-ring (bicyclic) bond motifs is 2. The van der Waals surface area contributed by atoms with Crippen LogP contribution >= 0.6 is 0 Å². The van der Waals surface area contributed by atoms with Gasteiger partial charge in [-0.15, -0.1) is 0 Å². The van der Waals surface area contributed by atoms with E-state index in [1.165, 1.54) is 5.56 Å². The summed E-state index contributed by atoms with van der Waals surface area (Å²) in [6.45, 7) is 6.11. The Morgan fingerprint density at radius 3 is 2.34 bits per heavy atom. The molecule has 0 fully saturated rings. The van der Waals surface area contributed by atoms with Crippen LogP contribution in [0.25, 0.3) is 27.9 Å². The molecule has 1 atom stereocenters. The lowest BCUT2D eigenvalue weighted by Gasteiger charge is -2.12. The molecule has 0 radical (unpaired) electrons. The first kappa shape index (κ1) is 18.9. The molecule has 0 saturated heterocycles. The number of para-hydroxylation sites is 2. The van der Waals surface area contributed by atoms with E-state index in [-0.39, 0.29) is 11.9 Å². The molecule has 0 aliphatic carbocycles. The summed E-state index contributed by atoms with van der Waals surface area (Å²) in [5.74, 6) is 0.121. The zero-order valence-electron chi connectivity index (χ0n) is 16.9. The number of nitrogens with two attached hydrogens (primary N) is 1. The van der Waals surface area contributed by atoms with Crippen LogP contribution in [0.2, 0.25) is 0 Å². The monoisotopic (exact) mass is 387 g/mol. The maximum absolute atomic E-state index is 13.1. The molecule has 4 rings (SSSR count). The van der Waals surface area contributed by atoms with Gasteiger partial charge in [-0.3, -0.25) is 9.36 Å². The molecule has 6 heteroatoms. The first-order valence-electron chi connectivity index (χ1n) is 10.00. The minimum absolute atomic E-state index is 0.0394. The number of benzene rings is 2. The molecule has 0 spiro atoms. The number of hydrogen-bond donors (Lipinski definition) is 2. The fourth-order valence-corrected chi connectivity index (χ4v) is 3.43. The maximum Gasteiger partial charge on any atom is 0.257 e. The van der Waals surface area contributed by atoms with Crippen molar-refractivity contribution in [3.05, 3.63) is 59.7 Å². The fourth-order valence-electron chi connectivity index (χ4n) is 3.43. The lowest BCUT2D eigenvalue weighted by Crippen LogP contribution is -2.32. The van der Waals surface area contributed by atoms with Gasteiger partial charge in [0.1, 0.15) is 16.9 Å². The summed E-state index contributed by atoms with van der Waals surface area (Å²) in [6.07, 6.45) is 1.78. The number of carbonyl (C=O) groups is 1. The highest BCUT2D eigenvalue weighted by Crippen LogP contribution is 2.31. The number of anilines is 1. The second kappa shape index (κ2) is 7.54. The number of rotatable bonds is 5. The predicted octanol–water partition coefficient (Wildman–Crippen LogP) is 4.25. The van der Waals surface area contributed by atoms with E-state index in [0.29, 0.717) is 22.5 Å². The van der Waals surface area contributed by atoms with Crippen molar-refractivity contribution in [2.45, 2.75) is 39.7 Å². The Bertz CT molecular complexity index is 1190. The highest BCUT2D eigenvalue weighted by atomic mass is 16.1. The smallest absolute Gasteiger partial charge is 0.257 e. The fraction of sp³-hybridized carbons (Fsp3) is 0.261. The third kappa shape index (κ3) is 3.31. The third-order valence-electron chi connectivity index (χ3n) is 5.32. The van der Waals surface area contributed by atoms with Crippen LogP contribution in [-0.2, 0) is 6.42 Å². The molecule has 2 aromatic heterocycles. The summed E-state index contributed by atoms with van der Waals surface area (Å²) in [6, 6.07) is 15.8. The Balaban J connectivity index is 1.99. The Morgan fingerprint density at radius 2 is 1.72 bits per heavy atom. The van der Waals surface area contributed by atoms with Gasteiger partial charge in [-0.05, 0) is 49.6 Å². The molecular formula is C23H25N5O. The Labute approximate surface area is 169 Å². The second-order valence-corrected chi connectivity index (χ2v) is 7.28. The summed E-state index contributed by atoms with van der Waals surface area (Å²) < 4.78 is 1.82. The molecule has 0 aliphatic heterocycles. The van der Waals surface area contributed by atoms with E-state index < -0.39 is 0 Å². The highest BCUT2D eigenvalue weighted by molar-refractivity contribution is 6.11. The third-order valence-corrected chi connectivity index (χ3v) is 5.32. The molecule has 3 N–H and O–H groups in total. The first-order valence-corrected chi connectivity index (χ1v) is 10.00. The molecular weight excluding hydrogens is 362 g/mol. The van der Waals surface area contributed by atoms with Crippen LogP contribution in [0, 0.1) is 0 Å². The van der Waals surface area contributed by atoms with Crippen molar-refractivity contribution >= 4 is 33.9 Å². The van der Waals surface area contributed by atoms with Crippen LogP contribution in [-0.4, -0.2) is 26.5 Å². The van der Waals surface area contributed by atoms with Gasteiger partial charge in [0.2, 0.25) is 0 Å². The summed E-state index contributed by atoms with van der Waals surface area (Å²) >= 11 is 0. The van der Waals surface area contributed by atoms with Crippen molar-refractivity contribution in [1.29, 1.82) is 0 Å². The van der Waals surface area contributed by atoms with Crippen LogP contribution in [0.4, 0.5) is 5.82 Å². The average Bonchev–Trinajstić information content (AvgIpc) is 3.02. The normalized spacial score (nSPS) is 12.4. The van der Waals surface area contributed by atoms with Gasteiger partial charge in [-0.1, -0.05) is 38.1 Å². The van der Waals surface area contributed by atoms with E-state index in [0.717, 1.165) is 29.6 Å². The van der Waals surface area contributed by atoms with Crippen LogP contribution in [0.3, 0.4) is 0 Å². The van der Waals surface area contributed by atoms with E-state index in [9.17, 15) is 4.79 Å². The predicted molar refractivity (Wildman–Crippen MR) is 117 cm³/mol. The Morgan fingerprint density at radius 1 is 1.07 bits per heavy atom. The maximum atomic E-state index is 13.1. The summed E-state index contributed by atoms with van der Waals surface area (Å²) in [5, 5.41) is 3.01. The van der Waals surface area contributed by atoms with Crippen molar-refractivity contribution in [2.75, 3.05) is 5.73 Å². The minimum Gasteiger partial charge on any atom is -0.384 e. The molecule has 0 bridgehead atoms. The largest absolute Gasteiger partial charge is 0.384 e. The van der Waals surface area contributed by atoms with E-state index in [1.54, 1.807) is 0 Å². The van der Waals surface area contributed by atoms with Crippen LogP contribution in [0.15, 0.2) is 48.5 Å². The molecule has 6 nitrogen and oxygen atoms in total. The lowest BCUT2D eigenvalue weighted by molar-refractivity contribution is 0.0941. The van der Waals surface area contributed by atoms with Crippen molar-refractivity contribution < 1.29 is 4.79 Å². The van der Waals surface area contributed by atoms with Crippen molar-refractivity contribution in [2.24, 2.45) is 0 Å². The summed E-state index contributed by atoms with van der Waals surface area (Å²) in [5.41, 5.74) is 11.6. The van der Waals surface area contributed by atoms with Crippen molar-refractivity contribution in [3.63, 3.8) is 0 Å². The molecule has 2 heterocycles. The van der Waals surface area contributed by atoms with Crippen molar-refractivity contribution in [3.8, 4) is 5.69 Å². The number of carbonyl (C=O) groups excluding carboxylic acids is 1. The Kier molecular flexibility index (Phi) is 4.92. The van der Waals surface area contributed by atoms with Gasteiger partial charge >= 0.3 is 0 Å². The minimum atomic E-state index is -0.227. The Hall–Kier alpha value is -3.41. The summed E-state index contributed by atoms with van der Waals surface area (Å²) in [4.78, 5) is 22.6. The number of nitrogens with one attached hydrogen (secondary N) is 1. The second-order valence-electron chi connectivity index (χ2n) is 7.28. The average molecular weight is 387 g/mol. The van der Waals surface area contributed by atoms with E-state index in [1.807, 2.05) is 54.8 Å². The molecule has 148 valence electrons. The van der Waals surface area contributed by atoms with Crippen molar-refractivity contribution in [1.82, 2.24) is 19.9 Å². The number of nitrogen functional groups attached to an aromatic ring is 1. The zero-order valence-corrected chi connectivity index (χ0v) is 16.9. The molecule has 2 aromatic carbocycles. The van der Waals surface area contributed by atoms with Crippen LogP contribution in [0.5, 0.6) is 0 Å². The first-order chi connectivity index (χ1) is 14.0. The lowest BCUT2D eigenvalue weighted by atomic mass is 10.1. The van der Waals surface area contributed by atoms with Gasteiger partial charge in [0.05, 0.1) is 11.0 Å². The van der Waals surface area contributed by atoms with Crippen LogP contribution < -0.4 is 11.1 Å². The highest BCUT2D eigenvalue weighted by Gasteiger charge is 2.25. The van der Waals surface area contributed by atoms with E-state index in [4.69, 9.17) is 15.7 Å². The number of aromatic nitrogens is 3. The van der Waals surface area contributed by atoms with Gasteiger partial charge in [0.15, 0.2) is 5.65 Å². The molecule has 0 saturated carbocycles. The zero-order chi connectivity index (χ0) is 20.5. The van der Waals surface area contributed by atoms with E-state index in [2.05, 4.69) is 24.4 Å². The number of amides is 1. The number of nitrogens with zero attached hydrogens (tertiary/aromatic N) is 3. The topological polar surface area (TPSA) is 85.8 Å². The van der Waals surface area contributed by atoms with Gasteiger partial charge in [0, 0.05) is 11.7 Å². The molecule has 1 amide bonds. The molecule has 0 aliphatic rings.